The zero-order valence-electron chi connectivity index (χ0n) is 11.4. The van der Waals surface area contributed by atoms with Gasteiger partial charge >= 0.3 is 0 Å². The molecule has 2 rings (SSSR count). The van der Waals surface area contributed by atoms with Crippen LogP contribution in [-0.2, 0) is 6.54 Å². The summed E-state index contributed by atoms with van der Waals surface area (Å²) in [5, 5.41) is 6.73. The number of nitrogens with zero attached hydrogens (tertiary/aromatic N) is 1. The number of ether oxygens (including phenoxy) is 1. The Morgan fingerprint density at radius 2 is 2.16 bits per heavy atom. The number of nitrogens with one attached hydrogen (secondary N) is 1. The van der Waals surface area contributed by atoms with Gasteiger partial charge in [-0.25, -0.2) is 4.98 Å². The van der Waals surface area contributed by atoms with Crippen molar-refractivity contribution in [3.05, 3.63) is 46.4 Å². The summed E-state index contributed by atoms with van der Waals surface area (Å²) in [6.07, 6.45) is 2.89. The summed E-state index contributed by atoms with van der Waals surface area (Å²) >= 11 is 1.70. The molecule has 1 atom stereocenters. The zero-order chi connectivity index (χ0) is 13.5. The zero-order valence-corrected chi connectivity index (χ0v) is 12.2. The summed E-state index contributed by atoms with van der Waals surface area (Å²) in [4.78, 5) is 4.38. The Bertz CT molecular complexity index is 485. The van der Waals surface area contributed by atoms with Gasteiger partial charge < -0.3 is 10.1 Å². The van der Waals surface area contributed by atoms with Gasteiger partial charge in [-0.3, -0.25) is 0 Å². The van der Waals surface area contributed by atoms with Crippen molar-refractivity contribution in [2.24, 2.45) is 0 Å². The van der Waals surface area contributed by atoms with Crippen LogP contribution in [0.2, 0.25) is 0 Å². The number of hydrogen-bond acceptors (Lipinski definition) is 4. The van der Waals surface area contributed by atoms with Crippen molar-refractivity contribution in [3.63, 3.8) is 0 Å². The minimum Gasteiger partial charge on any atom is -0.494 e. The maximum absolute atomic E-state index is 5.64. The highest BCUT2D eigenvalue weighted by Crippen LogP contribution is 2.22. The fourth-order valence-electron chi connectivity index (χ4n) is 1.99. The smallest absolute Gasteiger partial charge is 0.123 e. The Morgan fingerprint density at radius 3 is 2.84 bits per heavy atom. The summed E-state index contributed by atoms with van der Waals surface area (Å²) in [6.45, 7) is 5.68. The standard InChI is InChI=1S/C15H20N2OS/c1-3-13(15-16-9-10-19-15)17-11-12-7-5-6-8-14(12)18-4-2/h5-10,13,17H,3-4,11H2,1-2H3. The molecule has 0 amide bonds. The van der Waals surface area contributed by atoms with Crippen LogP contribution in [0.3, 0.4) is 0 Å². The van der Waals surface area contributed by atoms with Crippen molar-refractivity contribution in [2.75, 3.05) is 6.61 Å². The van der Waals surface area contributed by atoms with E-state index in [1.54, 1.807) is 11.3 Å². The lowest BCUT2D eigenvalue weighted by molar-refractivity contribution is 0.334. The summed E-state index contributed by atoms with van der Waals surface area (Å²) in [6, 6.07) is 8.49. The van der Waals surface area contributed by atoms with Crippen molar-refractivity contribution in [3.8, 4) is 5.75 Å². The monoisotopic (exact) mass is 276 g/mol. The van der Waals surface area contributed by atoms with E-state index < -0.39 is 0 Å². The van der Waals surface area contributed by atoms with Crippen LogP contribution in [0, 0.1) is 0 Å². The molecule has 0 bridgehead atoms. The second-order valence-corrected chi connectivity index (χ2v) is 5.18. The lowest BCUT2D eigenvalue weighted by Gasteiger charge is -2.16. The van der Waals surface area contributed by atoms with Gasteiger partial charge in [0.1, 0.15) is 10.8 Å². The Hall–Kier alpha value is -1.39. The molecule has 1 aromatic carbocycles. The SMILES string of the molecule is CCOc1ccccc1CNC(CC)c1nccs1. The third-order valence-electron chi connectivity index (χ3n) is 2.97. The highest BCUT2D eigenvalue weighted by molar-refractivity contribution is 7.09. The van der Waals surface area contributed by atoms with Crippen LogP contribution in [0.25, 0.3) is 0 Å². The van der Waals surface area contributed by atoms with E-state index in [1.165, 1.54) is 5.56 Å². The third kappa shape index (κ3) is 3.78. The normalized spacial score (nSPS) is 12.3. The molecule has 0 saturated heterocycles. The molecule has 0 aliphatic rings. The molecule has 0 fully saturated rings. The highest BCUT2D eigenvalue weighted by Gasteiger charge is 2.12. The second kappa shape index (κ2) is 7.26. The van der Waals surface area contributed by atoms with Gasteiger partial charge in [-0.1, -0.05) is 25.1 Å². The van der Waals surface area contributed by atoms with E-state index in [0.29, 0.717) is 12.6 Å². The second-order valence-electron chi connectivity index (χ2n) is 4.25. The molecule has 1 aromatic heterocycles. The molecule has 19 heavy (non-hydrogen) atoms. The summed E-state index contributed by atoms with van der Waals surface area (Å²) in [7, 11) is 0. The lowest BCUT2D eigenvalue weighted by atomic mass is 10.1. The Labute approximate surface area is 118 Å². The van der Waals surface area contributed by atoms with Crippen LogP contribution in [0.1, 0.15) is 36.9 Å². The molecule has 0 saturated carbocycles. The van der Waals surface area contributed by atoms with Crippen LogP contribution >= 0.6 is 11.3 Å². The van der Waals surface area contributed by atoms with Crippen LogP contribution in [0.5, 0.6) is 5.75 Å². The fourth-order valence-corrected chi connectivity index (χ4v) is 2.79. The first-order valence-electron chi connectivity index (χ1n) is 6.68. The van der Waals surface area contributed by atoms with Crippen LogP contribution in [-0.4, -0.2) is 11.6 Å². The summed E-state index contributed by atoms with van der Waals surface area (Å²) < 4.78 is 5.64. The van der Waals surface area contributed by atoms with Gasteiger partial charge in [0.25, 0.3) is 0 Å². The number of para-hydroxylation sites is 1. The predicted octanol–water partition coefficient (Wildman–Crippen LogP) is 3.78. The fraction of sp³-hybridized carbons (Fsp3) is 0.400. The van der Waals surface area contributed by atoms with Gasteiger partial charge in [0.15, 0.2) is 0 Å². The number of benzene rings is 1. The van der Waals surface area contributed by atoms with Gasteiger partial charge in [0, 0.05) is 23.7 Å². The predicted molar refractivity (Wildman–Crippen MR) is 79.6 cm³/mol. The molecule has 0 aliphatic carbocycles. The lowest BCUT2D eigenvalue weighted by Crippen LogP contribution is -2.20. The largest absolute Gasteiger partial charge is 0.494 e. The van der Waals surface area contributed by atoms with Crippen LogP contribution in [0.4, 0.5) is 0 Å². The molecular formula is C15H20N2OS. The quantitative estimate of drug-likeness (QED) is 0.835. The maximum Gasteiger partial charge on any atom is 0.123 e. The average molecular weight is 276 g/mol. The van der Waals surface area contributed by atoms with Crippen molar-refractivity contribution in [1.82, 2.24) is 10.3 Å². The van der Waals surface area contributed by atoms with E-state index in [9.17, 15) is 0 Å². The first-order chi connectivity index (χ1) is 9.35. The molecule has 102 valence electrons. The van der Waals surface area contributed by atoms with Gasteiger partial charge in [0.05, 0.1) is 12.6 Å². The average Bonchev–Trinajstić information content (AvgIpc) is 2.96. The maximum atomic E-state index is 5.64. The molecule has 0 spiro atoms. The van der Waals surface area contributed by atoms with Gasteiger partial charge in [-0.15, -0.1) is 11.3 Å². The van der Waals surface area contributed by atoms with E-state index in [0.717, 1.165) is 23.7 Å². The van der Waals surface area contributed by atoms with E-state index in [1.807, 2.05) is 36.7 Å². The van der Waals surface area contributed by atoms with Crippen LogP contribution < -0.4 is 10.1 Å². The van der Waals surface area contributed by atoms with Crippen molar-refractivity contribution < 1.29 is 4.74 Å². The summed E-state index contributed by atoms with van der Waals surface area (Å²) in [5.74, 6) is 0.964. The van der Waals surface area contributed by atoms with Gasteiger partial charge in [-0.05, 0) is 19.4 Å². The molecule has 1 heterocycles. The topological polar surface area (TPSA) is 34.1 Å². The number of aromatic nitrogens is 1. The Kier molecular flexibility index (Phi) is 5.36. The third-order valence-corrected chi connectivity index (χ3v) is 3.86. The molecule has 3 nitrogen and oxygen atoms in total. The van der Waals surface area contributed by atoms with Crippen LogP contribution in [0.15, 0.2) is 35.8 Å². The summed E-state index contributed by atoms with van der Waals surface area (Å²) in [5.41, 5.74) is 1.19. The van der Waals surface area contributed by atoms with E-state index in [-0.39, 0.29) is 0 Å². The minimum absolute atomic E-state index is 0.315. The van der Waals surface area contributed by atoms with E-state index >= 15 is 0 Å². The first kappa shape index (κ1) is 14.0. The van der Waals surface area contributed by atoms with Crippen molar-refractivity contribution >= 4 is 11.3 Å². The van der Waals surface area contributed by atoms with Crippen molar-refractivity contribution in [2.45, 2.75) is 32.9 Å². The van der Waals surface area contributed by atoms with Gasteiger partial charge in [-0.2, -0.15) is 0 Å². The number of thiazole rings is 1. The molecule has 1 N–H and O–H groups in total. The number of hydrogen-bond donors (Lipinski definition) is 1. The molecule has 0 aliphatic heterocycles. The van der Waals surface area contributed by atoms with Crippen molar-refractivity contribution in [1.29, 1.82) is 0 Å². The highest BCUT2D eigenvalue weighted by atomic mass is 32.1. The molecule has 2 aromatic rings. The molecular weight excluding hydrogens is 256 g/mol. The van der Waals surface area contributed by atoms with E-state index in [4.69, 9.17) is 4.74 Å². The molecule has 0 radical (unpaired) electrons. The van der Waals surface area contributed by atoms with E-state index in [2.05, 4.69) is 23.3 Å². The molecule has 1 unspecified atom stereocenters. The Morgan fingerprint density at radius 1 is 1.32 bits per heavy atom. The van der Waals surface area contributed by atoms with Gasteiger partial charge in [0.2, 0.25) is 0 Å². The Balaban J connectivity index is 2.01. The minimum atomic E-state index is 0.315. The number of rotatable bonds is 7. The molecule has 4 heteroatoms. The first-order valence-corrected chi connectivity index (χ1v) is 7.56.